The van der Waals surface area contributed by atoms with Crippen LogP contribution in [0.1, 0.15) is 12.6 Å². The van der Waals surface area contributed by atoms with E-state index in [0.717, 1.165) is 0 Å². The quantitative estimate of drug-likeness (QED) is 0.507. The predicted octanol–water partition coefficient (Wildman–Crippen LogP) is 1.26. The minimum atomic E-state index is -0.245. The van der Waals surface area contributed by atoms with E-state index in [1.54, 1.807) is 22.8 Å². The second-order valence-electron chi connectivity index (χ2n) is 5.64. The Morgan fingerprint density at radius 1 is 1.21 bits per heavy atom. The summed E-state index contributed by atoms with van der Waals surface area (Å²) in [5, 5.41) is 15.4. The maximum atomic E-state index is 12.3. The molecule has 10 heteroatoms. The number of amides is 2. The fourth-order valence-electron chi connectivity index (χ4n) is 2.44. The molecule has 2 amide bonds. The standard InChI is InChI=1S/C18H24N4O5S/c1-4-19-16(24)9-22-13(10-23)8-20-18(22)28-11-17(25)21-12-5-6-14(26-2)15(7-12)27-3/h5-8,23H,4,9-11H2,1-3H3,(H,19,24)(H,21,25). The molecule has 0 saturated heterocycles. The highest BCUT2D eigenvalue weighted by Crippen LogP contribution is 2.30. The summed E-state index contributed by atoms with van der Waals surface area (Å²) in [7, 11) is 3.06. The van der Waals surface area contributed by atoms with Gasteiger partial charge < -0.3 is 29.8 Å². The molecule has 2 aromatic rings. The van der Waals surface area contributed by atoms with E-state index >= 15 is 0 Å². The van der Waals surface area contributed by atoms with E-state index in [2.05, 4.69) is 15.6 Å². The van der Waals surface area contributed by atoms with E-state index in [4.69, 9.17) is 9.47 Å². The lowest BCUT2D eigenvalue weighted by atomic mass is 10.2. The second-order valence-corrected chi connectivity index (χ2v) is 6.58. The molecular formula is C18H24N4O5S. The lowest BCUT2D eigenvalue weighted by Crippen LogP contribution is -2.28. The molecule has 3 N–H and O–H groups in total. The van der Waals surface area contributed by atoms with Crippen LogP contribution in [-0.2, 0) is 22.7 Å². The third-order valence-corrected chi connectivity index (χ3v) is 4.73. The number of carbonyl (C=O) groups is 2. The molecule has 0 aliphatic rings. The third-order valence-electron chi connectivity index (χ3n) is 3.74. The number of ether oxygens (including phenoxy) is 2. The van der Waals surface area contributed by atoms with Crippen molar-refractivity contribution in [2.75, 3.05) is 31.8 Å². The molecular weight excluding hydrogens is 384 g/mol. The summed E-state index contributed by atoms with van der Waals surface area (Å²) < 4.78 is 12.0. The lowest BCUT2D eigenvalue weighted by Gasteiger charge is -2.11. The largest absolute Gasteiger partial charge is 0.493 e. The molecule has 0 spiro atoms. The average Bonchev–Trinajstić information content (AvgIpc) is 3.07. The van der Waals surface area contributed by atoms with Gasteiger partial charge in [0.25, 0.3) is 0 Å². The second kappa shape index (κ2) is 10.6. The number of nitrogens with one attached hydrogen (secondary N) is 2. The van der Waals surface area contributed by atoms with Crippen molar-refractivity contribution in [3.05, 3.63) is 30.1 Å². The molecule has 0 fully saturated rings. The van der Waals surface area contributed by atoms with E-state index in [0.29, 0.717) is 34.6 Å². The van der Waals surface area contributed by atoms with Crippen LogP contribution < -0.4 is 20.1 Å². The molecule has 1 heterocycles. The zero-order chi connectivity index (χ0) is 20.5. The number of nitrogens with zero attached hydrogens (tertiary/aromatic N) is 2. The fraction of sp³-hybridized carbons (Fsp3) is 0.389. The Balaban J connectivity index is 2.01. The highest BCUT2D eigenvalue weighted by molar-refractivity contribution is 7.99. The number of likely N-dealkylation sites (N-methyl/N-ethyl adjacent to an activating group) is 1. The number of aromatic nitrogens is 2. The monoisotopic (exact) mass is 408 g/mol. The van der Waals surface area contributed by atoms with Gasteiger partial charge in [-0.1, -0.05) is 11.8 Å². The van der Waals surface area contributed by atoms with E-state index < -0.39 is 0 Å². The van der Waals surface area contributed by atoms with E-state index in [9.17, 15) is 14.7 Å². The minimum absolute atomic E-state index is 0.0311. The number of carbonyl (C=O) groups excluding carboxylic acids is 2. The molecule has 28 heavy (non-hydrogen) atoms. The van der Waals surface area contributed by atoms with Crippen LogP contribution in [0.3, 0.4) is 0 Å². The van der Waals surface area contributed by atoms with Crippen molar-refractivity contribution < 1.29 is 24.2 Å². The molecule has 1 aromatic carbocycles. The van der Waals surface area contributed by atoms with E-state index in [1.165, 1.54) is 32.2 Å². The van der Waals surface area contributed by atoms with Gasteiger partial charge in [0, 0.05) is 18.3 Å². The number of thioether (sulfide) groups is 1. The molecule has 2 rings (SSSR count). The first kappa shape index (κ1) is 21.6. The minimum Gasteiger partial charge on any atom is -0.493 e. The topological polar surface area (TPSA) is 115 Å². The van der Waals surface area contributed by atoms with Crippen molar-refractivity contribution in [2.45, 2.75) is 25.2 Å². The molecule has 0 unspecified atom stereocenters. The Bertz CT molecular complexity index is 824. The van der Waals surface area contributed by atoms with Gasteiger partial charge in [0.1, 0.15) is 6.54 Å². The Labute approximate surface area is 167 Å². The number of aliphatic hydroxyl groups excluding tert-OH is 1. The van der Waals surface area contributed by atoms with Crippen molar-refractivity contribution in [1.82, 2.24) is 14.9 Å². The number of methoxy groups -OCH3 is 2. The molecule has 152 valence electrons. The smallest absolute Gasteiger partial charge is 0.240 e. The number of hydrogen-bond acceptors (Lipinski definition) is 7. The van der Waals surface area contributed by atoms with Crippen molar-refractivity contribution in [3.8, 4) is 11.5 Å². The summed E-state index contributed by atoms with van der Waals surface area (Å²) in [6, 6.07) is 5.08. The van der Waals surface area contributed by atoms with Gasteiger partial charge in [-0.25, -0.2) is 4.98 Å². The Hall–Kier alpha value is -2.72. The summed E-state index contributed by atoms with van der Waals surface area (Å²) in [5.41, 5.74) is 1.08. The molecule has 0 aliphatic carbocycles. The van der Waals surface area contributed by atoms with Crippen LogP contribution in [0.2, 0.25) is 0 Å². The van der Waals surface area contributed by atoms with Gasteiger partial charge >= 0.3 is 0 Å². The van der Waals surface area contributed by atoms with Gasteiger partial charge in [0.15, 0.2) is 16.7 Å². The van der Waals surface area contributed by atoms with Crippen LogP contribution in [0.5, 0.6) is 11.5 Å². The zero-order valence-electron chi connectivity index (χ0n) is 16.0. The average molecular weight is 408 g/mol. The molecule has 0 aliphatic heterocycles. The first-order chi connectivity index (χ1) is 13.5. The third kappa shape index (κ3) is 5.64. The Morgan fingerprint density at radius 2 is 1.96 bits per heavy atom. The van der Waals surface area contributed by atoms with Crippen LogP contribution >= 0.6 is 11.8 Å². The molecule has 0 radical (unpaired) electrons. The number of hydrogen-bond donors (Lipinski definition) is 3. The van der Waals surface area contributed by atoms with Crippen molar-refractivity contribution >= 4 is 29.3 Å². The lowest BCUT2D eigenvalue weighted by molar-refractivity contribution is -0.121. The van der Waals surface area contributed by atoms with Crippen LogP contribution in [0, 0.1) is 0 Å². The highest BCUT2D eigenvalue weighted by Gasteiger charge is 2.15. The van der Waals surface area contributed by atoms with Crippen LogP contribution in [0.15, 0.2) is 29.6 Å². The van der Waals surface area contributed by atoms with Gasteiger partial charge in [0.05, 0.1) is 38.5 Å². The summed E-state index contributed by atoms with van der Waals surface area (Å²) in [4.78, 5) is 28.4. The fourth-order valence-corrected chi connectivity index (χ4v) is 3.24. The number of anilines is 1. The Kier molecular flexibility index (Phi) is 8.15. The first-order valence-electron chi connectivity index (χ1n) is 8.59. The van der Waals surface area contributed by atoms with Gasteiger partial charge in [-0.05, 0) is 19.1 Å². The number of rotatable bonds is 10. The number of aliphatic hydroxyl groups is 1. The van der Waals surface area contributed by atoms with Crippen molar-refractivity contribution in [2.24, 2.45) is 0 Å². The first-order valence-corrected chi connectivity index (χ1v) is 9.57. The molecule has 0 saturated carbocycles. The van der Waals surface area contributed by atoms with E-state index in [1.807, 2.05) is 6.92 Å². The Morgan fingerprint density at radius 3 is 2.61 bits per heavy atom. The van der Waals surface area contributed by atoms with Gasteiger partial charge in [-0.15, -0.1) is 0 Å². The summed E-state index contributed by atoms with van der Waals surface area (Å²) in [6.07, 6.45) is 1.49. The normalized spacial score (nSPS) is 10.4. The van der Waals surface area contributed by atoms with Crippen LogP contribution in [0.4, 0.5) is 5.69 Å². The maximum absolute atomic E-state index is 12.3. The number of benzene rings is 1. The number of imidazole rings is 1. The predicted molar refractivity (Wildman–Crippen MR) is 106 cm³/mol. The molecule has 1 aromatic heterocycles. The molecule has 0 atom stereocenters. The maximum Gasteiger partial charge on any atom is 0.240 e. The van der Waals surface area contributed by atoms with Crippen LogP contribution in [0.25, 0.3) is 0 Å². The van der Waals surface area contributed by atoms with E-state index in [-0.39, 0.29) is 30.7 Å². The molecule has 0 bridgehead atoms. The van der Waals surface area contributed by atoms with Gasteiger partial charge in [-0.3, -0.25) is 9.59 Å². The van der Waals surface area contributed by atoms with Gasteiger partial charge in [-0.2, -0.15) is 0 Å². The summed E-state index contributed by atoms with van der Waals surface area (Å²) in [6.45, 7) is 2.12. The van der Waals surface area contributed by atoms with Gasteiger partial charge in [0.2, 0.25) is 11.8 Å². The summed E-state index contributed by atoms with van der Waals surface area (Å²) >= 11 is 1.18. The van der Waals surface area contributed by atoms with Crippen LogP contribution in [-0.4, -0.2) is 53.0 Å². The highest BCUT2D eigenvalue weighted by atomic mass is 32.2. The SMILES string of the molecule is CCNC(=O)Cn1c(CO)cnc1SCC(=O)Nc1ccc(OC)c(OC)c1. The molecule has 9 nitrogen and oxygen atoms in total. The van der Waals surface area contributed by atoms with Crippen molar-refractivity contribution in [1.29, 1.82) is 0 Å². The zero-order valence-corrected chi connectivity index (χ0v) is 16.8. The summed E-state index contributed by atoms with van der Waals surface area (Å²) in [5.74, 6) is 0.741. The van der Waals surface area contributed by atoms with Crippen molar-refractivity contribution in [3.63, 3.8) is 0 Å².